The van der Waals surface area contributed by atoms with Crippen molar-refractivity contribution in [2.24, 2.45) is 0 Å². The Morgan fingerprint density at radius 1 is 0.780 bits per heavy atom. The summed E-state index contributed by atoms with van der Waals surface area (Å²) in [7, 11) is 0. The average molecular weight is 713 g/mol. The number of carbonyl (C=O) groups is 1. The van der Waals surface area contributed by atoms with Crippen molar-refractivity contribution in [3.8, 4) is 17.2 Å². The van der Waals surface area contributed by atoms with Gasteiger partial charge in [0.15, 0.2) is 18.2 Å². The van der Waals surface area contributed by atoms with Crippen LogP contribution in [-0.2, 0) is 18.9 Å². The van der Waals surface area contributed by atoms with Crippen LogP contribution in [-0.4, -0.2) is 168 Å². The lowest BCUT2D eigenvalue weighted by atomic mass is 9.98. The Balaban J connectivity index is 1.22. The molecule has 50 heavy (non-hydrogen) atoms. The zero-order chi connectivity index (χ0) is 36.3. The molecule has 18 nitrogen and oxygen atoms in total. The fourth-order valence-electron chi connectivity index (χ4n) is 5.51. The molecule has 0 aliphatic carbocycles. The first-order valence-electron chi connectivity index (χ1n) is 15.5. The van der Waals surface area contributed by atoms with Crippen molar-refractivity contribution in [1.29, 1.82) is 0 Å². The van der Waals surface area contributed by atoms with Crippen LogP contribution in [0, 0.1) is 0 Å². The molecule has 0 amide bonds. The summed E-state index contributed by atoms with van der Waals surface area (Å²) in [5.41, 5.74) is -1.61. The van der Waals surface area contributed by atoms with E-state index >= 15 is 0 Å². The molecule has 0 aromatic heterocycles. The van der Waals surface area contributed by atoms with Gasteiger partial charge in [-0.15, -0.1) is 0 Å². The number of ether oxygens (including phenoxy) is 6. The summed E-state index contributed by atoms with van der Waals surface area (Å²) in [5, 5.41) is 111. The van der Waals surface area contributed by atoms with E-state index < -0.39 is 117 Å². The van der Waals surface area contributed by atoms with Crippen molar-refractivity contribution >= 4 is 11.9 Å². The van der Waals surface area contributed by atoms with E-state index in [1.165, 1.54) is 36.4 Å². The topological polar surface area (TPSA) is 295 Å². The SMILES string of the molecule is O=C(C=Cc1ccc(OC2OC(CO)C(O)C(O)C2OC2OCC(O)(CO)C2O)cc1)c1ccc(OC2OC(CO)C(O)C(O)C2O)cc1O. The molecule has 3 saturated heterocycles. The molecule has 13 unspecified atom stereocenters. The average Bonchev–Trinajstić information content (AvgIpc) is 3.40. The van der Waals surface area contributed by atoms with Gasteiger partial charge in [0.05, 0.1) is 32.0 Å². The van der Waals surface area contributed by atoms with Gasteiger partial charge < -0.3 is 84.6 Å². The highest BCUT2D eigenvalue weighted by Gasteiger charge is 2.53. The number of hydrogen-bond acceptors (Lipinski definition) is 18. The Labute approximate surface area is 284 Å². The van der Waals surface area contributed by atoms with E-state index in [1.54, 1.807) is 12.1 Å². The molecular formula is C32H40O18. The molecule has 3 aliphatic heterocycles. The van der Waals surface area contributed by atoms with Crippen molar-refractivity contribution in [1.82, 2.24) is 0 Å². The molecule has 3 fully saturated rings. The fourth-order valence-corrected chi connectivity index (χ4v) is 5.51. The number of phenols is 1. The van der Waals surface area contributed by atoms with Crippen molar-refractivity contribution in [2.75, 3.05) is 26.4 Å². The van der Waals surface area contributed by atoms with Gasteiger partial charge in [0.1, 0.15) is 71.7 Å². The third-order valence-electron chi connectivity index (χ3n) is 8.59. The first kappa shape index (κ1) is 37.9. The minimum absolute atomic E-state index is 0.0384. The van der Waals surface area contributed by atoms with Crippen molar-refractivity contribution in [2.45, 2.75) is 79.4 Å². The molecule has 2 aromatic rings. The molecule has 0 saturated carbocycles. The third kappa shape index (κ3) is 7.93. The Bertz CT molecular complexity index is 1470. The Hall–Kier alpha value is -3.31. The molecule has 18 heteroatoms. The highest BCUT2D eigenvalue weighted by molar-refractivity contribution is 6.08. The molecular weight excluding hydrogens is 672 g/mol. The minimum atomic E-state index is -2.02. The number of aromatic hydroxyl groups is 1. The number of allylic oxidation sites excluding steroid dienone is 1. The van der Waals surface area contributed by atoms with Crippen LogP contribution in [0.2, 0.25) is 0 Å². The van der Waals surface area contributed by atoms with Crippen LogP contribution in [0.15, 0.2) is 48.5 Å². The monoisotopic (exact) mass is 712 g/mol. The lowest BCUT2D eigenvalue weighted by Gasteiger charge is -2.42. The van der Waals surface area contributed by atoms with Gasteiger partial charge >= 0.3 is 0 Å². The van der Waals surface area contributed by atoms with Crippen LogP contribution < -0.4 is 9.47 Å². The number of hydrogen-bond donors (Lipinski definition) is 11. The van der Waals surface area contributed by atoms with Crippen molar-refractivity contribution in [3.63, 3.8) is 0 Å². The van der Waals surface area contributed by atoms with E-state index in [0.29, 0.717) is 5.56 Å². The van der Waals surface area contributed by atoms with Gasteiger partial charge in [0, 0.05) is 6.07 Å². The number of aliphatic hydroxyl groups excluding tert-OH is 9. The molecule has 3 aliphatic rings. The van der Waals surface area contributed by atoms with Gasteiger partial charge in [0.25, 0.3) is 0 Å². The molecule has 2 aromatic carbocycles. The molecule has 11 N–H and O–H groups in total. The van der Waals surface area contributed by atoms with E-state index in [9.17, 15) is 61.0 Å². The van der Waals surface area contributed by atoms with Crippen LogP contribution >= 0.6 is 0 Å². The van der Waals surface area contributed by atoms with E-state index in [4.69, 9.17) is 28.4 Å². The number of rotatable bonds is 12. The van der Waals surface area contributed by atoms with E-state index in [1.807, 2.05) is 0 Å². The van der Waals surface area contributed by atoms with E-state index in [0.717, 1.165) is 6.07 Å². The summed E-state index contributed by atoms with van der Waals surface area (Å²) in [6.45, 7) is -2.65. The molecule has 3 heterocycles. The van der Waals surface area contributed by atoms with E-state index in [2.05, 4.69) is 0 Å². The minimum Gasteiger partial charge on any atom is -0.507 e. The molecule has 0 spiro atoms. The normalized spacial score (nSPS) is 37.6. The van der Waals surface area contributed by atoms with Crippen LogP contribution in [0.5, 0.6) is 17.2 Å². The number of carbonyl (C=O) groups excluding carboxylic acids is 1. The number of ketones is 1. The van der Waals surface area contributed by atoms with E-state index in [-0.39, 0.29) is 17.1 Å². The maximum Gasteiger partial charge on any atom is 0.229 e. The quantitative estimate of drug-likeness (QED) is 0.0741. The first-order chi connectivity index (χ1) is 23.8. The highest BCUT2D eigenvalue weighted by Crippen LogP contribution is 2.33. The predicted octanol–water partition coefficient (Wildman–Crippen LogP) is -3.89. The summed E-state index contributed by atoms with van der Waals surface area (Å²) in [6, 6.07) is 9.70. The molecule has 0 bridgehead atoms. The molecule has 13 atom stereocenters. The number of benzene rings is 2. The zero-order valence-corrected chi connectivity index (χ0v) is 26.2. The second-order valence-corrected chi connectivity index (χ2v) is 12.1. The number of aliphatic hydroxyl groups is 10. The third-order valence-corrected chi connectivity index (χ3v) is 8.59. The zero-order valence-electron chi connectivity index (χ0n) is 26.2. The standard InChI is InChI=1S/C32H40O18/c33-10-20-22(38)24(40)26(42)29(48-20)47-16-6-7-17(19(37)9-16)18(36)8-3-14-1-4-15(5-2-14)46-30-27(25(41)23(39)21(11-34)49-30)50-31-28(43)32(44,12-35)13-45-31/h1-9,20-31,33-35,37-44H,10-13H2. The Kier molecular flexibility index (Phi) is 12.1. The lowest BCUT2D eigenvalue weighted by molar-refractivity contribution is -0.318. The maximum atomic E-state index is 12.8. The van der Waals surface area contributed by atoms with Gasteiger partial charge in [-0.25, -0.2) is 0 Å². The van der Waals surface area contributed by atoms with Gasteiger partial charge in [-0.3, -0.25) is 4.79 Å². The second kappa shape index (κ2) is 15.9. The van der Waals surface area contributed by atoms with Crippen LogP contribution in [0.1, 0.15) is 15.9 Å². The molecule has 5 rings (SSSR count). The molecule has 0 radical (unpaired) electrons. The van der Waals surface area contributed by atoms with Gasteiger partial charge in [0.2, 0.25) is 12.6 Å². The summed E-state index contributed by atoms with van der Waals surface area (Å²) in [6.07, 6.45) is -15.8. The second-order valence-electron chi connectivity index (χ2n) is 12.1. The summed E-state index contributed by atoms with van der Waals surface area (Å²) in [5.74, 6) is -0.937. The van der Waals surface area contributed by atoms with Crippen molar-refractivity contribution < 1.29 is 89.4 Å². The maximum absolute atomic E-state index is 12.8. The van der Waals surface area contributed by atoms with Crippen LogP contribution in [0.4, 0.5) is 0 Å². The first-order valence-corrected chi connectivity index (χ1v) is 15.5. The fraction of sp³-hybridized carbons (Fsp3) is 0.531. The van der Waals surface area contributed by atoms with Crippen molar-refractivity contribution in [3.05, 3.63) is 59.7 Å². The van der Waals surface area contributed by atoms with Gasteiger partial charge in [-0.2, -0.15) is 0 Å². The largest absolute Gasteiger partial charge is 0.507 e. The Morgan fingerprint density at radius 3 is 1.98 bits per heavy atom. The van der Waals surface area contributed by atoms with Crippen LogP contribution in [0.25, 0.3) is 6.08 Å². The Morgan fingerprint density at radius 2 is 1.38 bits per heavy atom. The lowest BCUT2D eigenvalue weighted by Crippen LogP contribution is -2.62. The highest BCUT2D eigenvalue weighted by atomic mass is 16.8. The molecule has 276 valence electrons. The van der Waals surface area contributed by atoms with Crippen LogP contribution in [0.3, 0.4) is 0 Å². The van der Waals surface area contributed by atoms with Gasteiger partial charge in [-0.1, -0.05) is 18.2 Å². The summed E-state index contributed by atoms with van der Waals surface area (Å²) in [4.78, 5) is 12.8. The van der Waals surface area contributed by atoms with Gasteiger partial charge in [-0.05, 0) is 35.9 Å². The number of phenolic OH excluding ortho intramolecular Hbond substituents is 1. The summed E-state index contributed by atoms with van der Waals surface area (Å²) < 4.78 is 33.0. The predicted molar refractivity (Wildman–Crippen MR) is 163 cm³/mol. The summed E-state index contributed by atoms with van der Waals surface area (Å²) >= 11 is 0. The smallest absolute Gasteiger partial charge is 0.229 e.